The number of carbonyl (C=O) groups excluding carboxylic acids is 2. The lowest BCUT2D eigenvalue weighted by molar-refractivity contribution is -0.131. The number of rotatable bonds is 4. The molecule has 0 saturated carbocycles. The van der Waals surface area contributed by atoms with Crippen LogP contribution in [0.4, 0.5) is 10.2 Å². The smallest absolute Gasteiger partial charge is 0.276 e. The number of likely N-dealkylation sites (tertiary alicyclic amines) is 1. The van der Waals surface area contributed by atoms with Gasteiger partial charge in [-0.1, -0.05) is 41.6 Å². The number of carbonyl (C=O) groups is 2. The van der Waals surface area contributed by atoms with Gasteiger partial charge < -0.3 is 10.2 Å². The summed E-state index contributed by atoms with van der Waals surface area (Å²) >= 11 is 6.26. The van der Waals surface area contributed by atoms with Crippen molar-refractivity contribution in [3.05, 3.63) is 76.2 Å². The van der Waals surface area contributed by atoms with Crippen LogP contribution in [0.5, 0.6) is 0 Å². The van der Waals surface area contributed by atoms with Gasteiger partial charge in [0.1, 0.15) is 17.7 Å². The monoisotopic (exact) mass is 493 g/mol. The molecular weight excluding hydrogens is 469 g/mol. The Labute approximate surface area is 208 Å². The van der Waals surface area contributed by atoms with Gasteiger partial charge in [-0.05, 0) is 37.1 Å². The molecule has 1 N–H and O–H groups in total. The molecule has 2 aromatic heterocycles. The fourth-order valence-electron chi connectivity index (χ4n) is 4.00. The Balaban J connectivity index is 1.46. The van der Waals surface area contributed by atoms with E-state index >= 15 is 0 Å². The molecule has 2 atom stereocenters. The average Bonchev–Trinajstić information content (AvgIpc) is 3.21. The van der Waals surface area contributed by atoms with Crippen LogP contribution in [-0.2, 0) is 11.3 Å². The van der Waals surface area contributed by atoms with Crippen molar-refractivity contribution in [3.8, 4) is 11.8 Å². The molecule has 3 heterocycles. The summed E-state index contributed by atoms with van der Waals surface area (Å²) in [7, 11) is 0. The maximum atomic E-state index is 14.7. The molecule has 4 rings (SSSR count). The third-order valence-corrected chi connectivity index (χ3v) is 6.25. The predicted molar refractivity (Wildman–Crippen MR) is 132 cm³/mol. The van der Waals surface area contributed by atoms with Crippen LogP contribution in [-0.4, -0.2) is 50.7 Å². The van der Waals surface area contributed by atoms with Crippen LogP contribution in [0, 0.1) is 24.7 Å². The van der Waals surface area contributed by atoms with E-state index in [1.165, 1.54) is 22.7 Å². The summed E-state index contributed by atoms with van der Waals surface area (Å²) < 4.78 is 16.1. The van der Waals surface area contributed by atoms with E-state index in [0.717, 1.165) is 16.7 Å². The number of nitrogens with one attached hydrogen (secondary N) is 1. The summed E-state index contributed by atoms with van der Waals surface area (Å²) in [4.78, 5) is 30.4. The van der Waals surface area contributed by atoms with Crippen molar-refractivity contribution in [2.24, 2.45) is 5.92 Å². The highest BCUT2D eigenvalue weighted by Crippen LogP contribution is 2.25. The molecular formula is C26H25ClFN5O2. The zero-order valence-electron chi connectivity index (χ0n) is 19.5. The third-order valence-electron chi connectivity index (χ3n) is 5.97. The minimum atomic E-state index is -1.21. The molecule has 1 aromatic carbocycles. The molecule has 180 valence electrons. The standard InChI is InChI=1S/C26H25ClFN5O2/c1-17-12-20(9-8-19-6-4-3-5-7-19)13-29-25(17)31-26(35)24-22(27)14-30-33(24)15-21-10-11-32(18(2)34)16-23(21)28/h3-7,12-14,21,23H,10-11,15-16H2,1-2H3,(H,29,31,35)/t21-,23-/m1/s1. The summed E-state index contributed by atoms with van der Waals surface area (Å²) in [6.07, 6.45) is 2.23. The van der Waals surface area contributed by atoms with Crippen LogP contribution in [0.3, 0.4) is 0 Å². The Kier molecular flexibility index (Phi) is 7.47. The molecule has 0 radical (unpaired) electrons. The topological polar surface area (TPSA) is 80.1 Å². The predicted octanol–water partition coefficient (Wildman–Crippen LogP) is 4.10. The normalized spacial score (nSPS) is 17.4. The number of pyridine rings is 1. The molecule has 2 amide bonds. The van der Waals surface area contributed by atoms with Gasteiger partial charge in [-0.2, -0.15) is 5.10 Å². The van der Waals surface area contributed by atoms with Crippen molar-refractivity contribution in [1.82, 2.24) is 19.7 Å². The van der Waals surface area contributed by atoms with Gasteiger partial charge in [0.05, 0.1) is 17.8 Å². The number of hydrogen-bond donors (Lipinski definition) is 1. The number of nitrogens with zero attached hydrogens (tertiary/aromatic N) is 4. The Hall–Kier alpha value is -3.70. The zero-order chi connectivity index (χ0) is 24.9. The third kappa shape index (κ3) is 5.87. The maximum absolute atomic E-state index is 14.7. The van der Waals surface area contributed by atoms with Gasteiger partial charge in [0.2, 0.25) is 5.91 Å². The van der Waals surface area contributed by atoms with E-state index in [4.69, 9.17) is 11.6 Å². The number of benzene rings is 1. The number of hydrogen-bond acceptors (Lipinski definition) is 4. The number of amides is 2. The second-order valence-corrected chi connectivity index (χ2v) is 8.92. The van der Waals surface area contributed by atoms with Crippen LogP contribution in [0.1, 0.15) is 40.5 Å². The average molecular weight is 494 g/mol. The quantitative estimate of drug-likeness (QED) is 0.555. The van der Waals surface area contributed by atoms with E-state index in [1.807, 2.05) is 43.3 Å². The Morgan fingerprint density at radius 2 is 1.94 bits per heavy atom. The molecule has 3 aromatic rings. The lowest BCUT2D eigenvalue weighted by Gasteiger charge is -2.34. The lowest BCUT2D eigenvalue weighted by atomic mass is 9.95. The minimum absolute atomic E-state index is 0.0408. The molecule has 1 aliphatic heterocycles. The van der Waals surface area contributed by atoms with Crippen molar-refractivity contribution in [2.75, 3.05) is 18.4 Å². The highest BCUT2D eigenvalue weighted by atomic mass is 35.5. The Morgan fingerprint density at radius 3 is 2.63 bits per heavy atom. The summed E-state index contributed by atoms with van der Waals surface area (Å²) in [5.41, 5.74) is 2.49. The first kappa shape index (κ1) is 24.4. The summed E-state index contributed by atoms with van der Waals surface area (Å²) in [5.74, 6) is 5.51. The molecule has 1 fully saturated rings. The van der Waals surface area contributed by atoms with Crippen LogP contribution in [0.2, 0.25) is 5.02 Å². The Morgan fingerprint density at radius 1 is 1.20 bits per heavy atom. The second-order valence-electron chi connectivity index (χ2n) is 8.51. The number of aryl methyl sites for hydroxylation is 1. The van der Waals surface area contributed by atoms with E-state index < -0.39 is 12.1 Å². The summed E-state index contributed by atoms with van der Waals surface area (Å²) in [5, 5.41) is 7.13. The molecule has 0 unspecified atom stereocenters. The molecule has 0 aliphatic carbocycles. The van der Waals surface area contributed by atoms with E-state index in [-0.39, 0.29) is 35.6 Å². The Bertz CT molecular complexity index is 1300. The molecule has 0 spiro atoms. The van der Waals surface area contributed by atoms with E-state index in [1.54, 1.807) is 6.20 Å². The summed E-state index contributed by atoms with van der Waals surface area (Å²) in [6, 6.07) is 11.5. The molecule has 35 heavy (non-hydrogen) atoms. The molecule has 1 aliphatic rings. The maximum Gasteiger partial charge on any atom is 0.276 e. The van der Waals surface area contributed by atoms with Gasteiger partial charge >= 0.3 is 0 Å². The van der Waals surface area contributed by atoms with Crippen molar-refractivity contribution in [2.45, 2.75) is 33.0 Å². The minimum Gasteiger partial charge on any atom is -0.340 e. The molecule has 9 heteroatoms. The van der Waals surface area contributed by atoms with Gasteiger partial charge in [-0.15, -0.1) is 0 Å². The molecule has 0 bridgehead atoms. The number of aromatic nitrogens is 3. The highest BCUT2D eigenvalue weighted by Gasteiger charge is 2.32. The first-order chi connectivity index (χ1) is 16.8. The number of halogens is 2. The van der Waals surface area contributed by atoms with Gasteiger partial charge in [-0.25, -0.2) is 9.37 Å². The van der Waals surface area contributed by atoms with E-state index in [0.29, 0.717) is 18.8 Å². The van der Waals surface area contributed by atoms with Gasteiger partial charge in [0, 0.05) is 43.3 Å². The van der Waals surface area contributed by atoms with Crippen molar-refractivity contribution >= 4 is 29.2 Å². The van der Waals surface area contributed by atoms with Gasteiger partial charge in [-0.3, -0.25) is 14.3 Å². The van der Waals surface area contributed by atoms with Crippen molar-refractivity contribution in [1.29, 1.82) is 0 Å². The second kappa shape index (κ2) is 10.7. The number of piperidine rings is 1. The first-order valence-electron chi connectivity index (χ1n) is 11.3. The molecule has 1 saturated heterocycles. The van der Waals surface area contributed by atoms with Crippen LogP contribution >= 0.6 is 11.6 Å². The van der Waals surface area contributed by atoms with Crippen molar-refractivity contribution < 1.29 is 14.0 Å². The number of alkyl halides is 1. The van der Waals surface area contributed by atoms with Crippen LogP contribution < -0.4 is 5.32 Å². The van der Waals surface area contributed by atoms with Gasteiger partial charge in [0.15, 0.2) is 0 Å². The largest absolute Gasteiger partial charge is 0.340 e. The lowest BCUT2D eigenvalue weighted by Crippen LogP contribution is -2.45. The van der Waals surface area contributed by atoms with Gasteiger partial charge in [0.25, 0.3) is 5.91 Å². The fourth-order valence-corrected chi connectivity index (χ4v) is 4.23. The van der Waals surface area contributed by atoms with Crippen LogP contribution in [0.25, 0.3) is 0 Å². The first-order valence-corrected chi connectivity index (χ1v) is 11.7. The molecule has 7 nitrogen and oxygen atoms in total. The summed E-state index contributed by atoms with van der Waals surface area (Å²) in [6.45, 7) is 3.95. The SMILES string of the molecule is CC(=O)N1CC[C@H](Cn2ncc(Cl)c2C(=O)Nc2ncc(C#Cc3ccccc3)cc2C)[C@H](F)C1. The zero-order valence-corrected chi connectivity index (χ0v) is 20.2. The van der Waals surface area contributed by atoms with Crippen LogP contribution in [0.15, 0.2) is 48.8 Å². The fraction of sp³-hybridized carbons (Fsp3) is 0.308. The van der Waals surface area contributed by atoms with E-state index in [2.05, 4.69) is 27.2 Å². The highest BCUT2D eigenvalue weighted by molar-refractivity contribution is 6.34. The number of anilines is 1. The van der Waals surface area contributed by atoms with E-state index in [9.17, 15) is 14.0 Å². The van der Waals surface area contributed by atoms with Crippen molar-refractivity contribution in [3.63, 3.8) is 0 Å².